The maximum absolute atomic E-state index is 3.67. The third-order valence-electron chi connectivity index (χ3n) is 4.31. The second kappa shape index (κ2) is 4.84. The van der Waals surface area contributed by atoms with E-state index < -0.39 is 0 Å². The maximum Gasteiger partial charge on any atom is 0.0107 e. The smallest absolute Gasteiger partial charge is 0.0107 e. The molecule has 0 spiro atoms. The van der Waals surface area contributed by atoms with Gasteiger partial charge in [-0.25, -0.2) is 0 Å². The number of hydrogen-bond donors (Lipinski definition) is 1. The molecule has 0 heterocycles. The minimum Gasteiger partial charge on any atom is -0.315 e. The minimum absolute atomic E-state index is 0.767. The van der Waals surface area contributed by atoms with Crippen LogP contribution in [-0.4, -0.2) is 37.6 Å². The van der Waals surface area contributed by atoms with E-state index in [2.05, 4.69) is 24.1 Å². The monoisotopic (exact) mass is 210 g/mol. The second-order valence-corrected chi connectivity index (χ2v) is 5.34. The predicted molar refractivity (Wildman–Crippen MR) is 65.0 cm³/mol. The fraction of sp³-hybridized carbons (Fsp3) is 1.00. The van der Waals surface area contributed by atoms with Gasteiger partial charge in [-0.15, -0.1) is 0 Å². The van der Waals surface area contributed by atoms with E-state index in [0.717, 1.165) is 11.3 Å². The van der Waals surface area contributed by atoms with Crippen LogP contribution >= 0.6 is 0 Å². The Balaban J connectivity index is 1.55. The molecule has 88 valence electrons. The highest BCUT2D eigenvalue weighted by Gasteiger charge is 2.52. The molecule has 2 aliphatic carbocycles. The Kier molecular flexibility index (Phi) is 3.68. The van der Waals surface area contributed by atoms with Crippen molar-refractivity contribution in [3.8, 4) is 0 Å². The predicted octanol–water partition coefficient (Wildman–Crippen LogP) is 2.11. The van der Waals surface area contributed by atoms with Gasteiger partial charge in [-0.1, -0.05) is 13.8 Å². The topological polar surface area (TPSA) is 15.3 Å². The van der Waals surface area contributed by atoms with Crippen LogP contribution in [0, 0.1) is 11.3 Å². The van der Waals surface area contributed by atoms with Gasteiger partial charge in [-0.2, -0.15) is 0 Å². The van der Waals surface area contributed by atoms with Crippen molar-refractivity contribution in [1.82, 2.24) is 10.2 Å². The largest absolute Gasteiger partial charge is 0.315 e. The number of likely N-dealkylation sites (N-methyl/N-ethyl adjacent to an activating group) is 1. The number of rotatable bonds is 8. The van der Waals surface area contributed by atoms with Crippen LogP contribution in [0.4, 0.5) is 0 Å². The standard InChI is InChI=1S/C13H26N2/c1-3-15(4-2)10-9-14-11-13(7-8-13)12-5-6-12/h12,14H,3-11H2,1-2H3. The molecule has 0 aliphatic heterocycles. The molecule has 1 N–H and O–H groups in total. The van der Waals surface area contributed by atoms with E-state index in [9.17, 15) is 0 Å². The summed E-state index contributed by atoms with van der Waals surface area (Å²) < 4.78 is 0. The molecule has 0 aromatic rings. The third kappa shape index (κ3) is 2.94. The van der Waals surface area contributed by atoms with E-state index in [1.165, 1.54) is 58.4 Å². The molecule has 2 saturated carbocycles. The van der Waals surface area contributed by atoms with Gasteiger partial charge in [0.05, 0.1) is 0 Å². The zero-order valence-corrected chi connectivity index (χ0v) is 10.4. The average molecular weight is 210 g/mol. The SMILES string of the molecule is CCN(CC)CCNCC1(C2CC2)CC1. The molecule has 2 aliphatic rings. The van der Waals surface area contributed by atoms with E-state index in [4.69, 9.17) is 0 Å². The lowest BCUT2D eigenvalue weighted by Gasteiger charge is -2.20. The Labute approximate surface area is 94.4 Å². The first-order valence-corrected chi connectivity index (χ1v) is 6.74. The van der Waals surface area contributed by atoms with Gasteiger partial charge in [0, 0.05) is 19.6 Å². The van der Waals surface area contributed by atoms with E-state index in [0.29, 0.717) is 0 Å². The van der Waals surface area contributed by atoms with Crippen LogP contribution in [0.25, 0.3) is 0 Å². The van der Waals surface area contributed by atoms with Gasteiger partial charge < -0.3 is 10.2 Å². The first kappa shape index (κ1) is 11.4. The molecule has 0 radical (unpaired) electrons. The van der Waals surface area contributed by atoms with Crippen LogP contribution in [0.5, 0.6) is 0 Å². The van der Waals surface area contributed by atoms with Crippen LogP contribution in [0.3, 0.4) is 0 Å². The molecular weight excluding hydrogens is 184 g/mol. The summed E-state index contributed by atoms with van der Waals surface area (Å²) in [6.07, 6.45) is 6.02. The van der Waals surface area contributed by atoms with Gasteiger partial charge in [0.2, 0.25) is 0 Å². The summed E-state index contributed by atoms with van der Waals surface area (Å²) in [6.45, 7) is 10.5. The molecule has 2 rings (SSSR count). The van der Waals surface area contributed by atoms with Crippen molar-refractivity contribution in [2.75, 3.05) is 32.7 Å². The molecule has 0 bridgehead atoms. The summed E-state index contributed by atoms with van der Waals surface area (Å²) in [6, 6.07) is 0. The van der Waals surface area contributed by atoms with Crippen molar-refractivity contribution in [3.05, 3.63) is 0 Å². The van der Waals surface area contributed by atoms with Gasteiger partial charge in [0.1, 0.15) is 0 Å². The van der Waals surface area contributed by atoms with Gasteiger partial charge in [-0.3, -0.25) is 0 Å². The number of nitrogens with zero attached hydrogens (tertiary/aromatic N) is 1. The maximum atomic E-state index is 3.67. The Morgan fingerprint density at radius 1 is 1.20 bits per heavy atom. The van der Waals surface area contributed by atoms with E-state index in [-0.39, 0.29) is 0 Å². The Morgan fingerprint density at radius 3 is 2.33 bits per heavy atom. The molecule has 15 heavy (non-hydrogen) atoms. The van der Waals surface area contributed by atoms with E-state index in [1.807, 2.05) is 0 Å². The summed E-state index contributed by atoms with van der Waals surface area (Å²) in [7, 11) is 0. The number of nitrogens with one attached hydrogen (secondary N) is 1. The molecule has 0 aromatic carbocycles. The number of hydrogen-bond acceptors (Lipinski definition) is 2. The first-order chi connectivity index (χ1) is 7.30. The molecule has 0 unspecified atom stereocenters. The van der Waals surface area contributed by atoms with Crippen LogP contribution < -0.4 is 5.32 Å². The second-order valence-electron chi connectivity index (χ2n) is 5.34. The lowest BCUT2D eigenvalue weighted by molar-refractivity contribution is 0.294. The van der Waals surface area contributed by atoms with Gasteiger partial charge in [0.25, 0.3) is 0 Å². The Hall–Kier alpha value is -0.0800. The zero-order chi connectivity index (χ0) is 10.7. The highest BCUT2D eigenvalue weighted by atomic mass is 15.1. The van der Waals surface area contributed by atoms with E-state index in [1.54, 1.807) is 0 Å². The van der Waals surface area contributed by atoms with Gasteiger partial charge >= 0.3 is 0 Å². The van der Waals surface area contributed by atoms with Crippen molar-refractivity contribution in [2.45, 2.75) is 39.5 Å². The van der Waals surface area contributed by atoms with Gasteiger partial charge in [0.15, 0.2) is 0 Å². The summed E-state index contributed by atoms with van der Waals surface area (Å²) >= 11 is 0. The average Bonchev–Trinajstić information content (AvgIpc) is 3.11. The molecule has 0 saturated heterocycles. The Bertz CT molecular complexity index is 191. The summed E-state index contributed by atoms with van der Waals surface area (Å²) in [5, 5.41) is 3.67. The Morgan fingerprint density at radius 2 is 1.87 bits per heavy atom. The van der Waals surface area contributed by atoms with Gasteiger partial charge in [-0.05, 0) is 50.1 Å². The van der Waals surface area contributed by atoms with Crippen molar-refractivity contribution in [1.29, 1.82) is 0 Å². The van der Waals surface area contributed by atoms with Crippen molar-refractivity contribution in [2.24, 2.45) is 11.3 Å². The highest BCUT2D eigenvalue weighted by molar-refractivity contribution is 5.04. The minimum atomic E-state index is 0.767. The zero-order valence-electron chi connectivity index (χ0n) is 10.4. The normalized spacial score (nSPS) is 23.4. The quantitative estimate of drug-likeness (QED) is 0.617. The van der Waals surface area contributed by atoms with Crippen LogP contribution in [0.15, 0.2) is 0 Å². The molecule has 2 fully saturated rings. The highest BCUT2D eigenvalue weighted by Crippen LogP contribution is 2.60. The summed E-state index contributed by atoms with van der Waals surface area (Å²) in [5.74, 6) is 1.10. The molecule has 0 atom stereocenters. The first-order valence-electron chi connectivity index (χ1n) is 6.74. The molecule has 2 nitrogen and oxygen atoms in total. The molecule has 0 amide bonds. The molecule has 0 aromatic heterocycles. The van der Waals surface area contributed by atoms with Crippen LogP contribution in [-0.2, 0) is 0 Å². The fourth-order valence-corrected chi connectivity index (χ4v) is 2.70. The van der Waals surface area contributed by atoms with E-state index >= 15 is 0 Å². The lowest BCUT2D eigenvalue weighted by Crippen LogP contribution is -2.34. The van der Waals surface area contributed by atoms with Crippen molar-refractivity contribution >= 4 is 0 Å². The lowest BCUT2D eigenvalue weighted by atomic mass is 10.0. The summed E-state index contributed by atoms with van der Waals surface area (Å²) in [5.41, 5.74) is 0.767. The van der Waals surface area contributed by atoms with Crippen LogP contribution in [0.1, 0.15) is 39.5 Å². The summed E-state index contributed by atoms with van der Waals surface area (Å²) in [4.78, 5) is 2.49. The molecule has 2 heteroatoms. The molecular formula is C13H26N2. The fourth-order valence-electron chi connectivity index (χ4n) is 2.70. The van der Waals surface area contributed by atoms with Crippen molar-refractivity contribution in [3.63, 3.8) is 0 Å². The van der Waals surface area contributed by atoms with Crippen LogP contribution in [0.2, 0.25) is 0 Å². The third-order valence-corrected chi connectivity index (χ3v) is 4.31. The van der Waals surface area contributed by atoms with Crippen molar-refractivity contribution < 1.29 is 0 Å².